The summed E-state index contributed by atoms with van der Waals surface area (Å²) >= 11 is 0. The van der Waals surface area contributed by atoms with Crippen molar-refractivity contribution in [3.8, 4) is 17.2 Å². The number of benzene rings is 1. The Bertz CT molecular complexity index is 669. The monoisotopic (exact) mass is 416 g/mol. The van der Waals surface area contributed by atoms with E-state index in [1.165, 1.54) is 33.5 Å². The van der Waals surface area contributed by atoms with Gasteiger partial charge in [0, 0.05) is 25.3 Å². The molecule has 0 amide bonds. The van der Waals surface area contributed by atoms with E-state index in [0.717, 1.165) is 0 Å². The molecule has 2 rings (SSSR count). The van der Waals surface area contributed by atoms with Gasteiger partial charge in [-0.2, -0.15) is 0 Å². The fraction of sp³-hybridized carbons (Fsp3) is 0.556. The molecule has 0 radical (unpaired) electrons. The normalized spacial score (nSPS) is 26.5. The molecule has 1 aromatic rings. The molecule has 29 heavy (non-hydrogen) atoms. The van der Waals surface area contributed by atoms with Crippen LogP contribution in [-0.2, 0) is 23.8 Å². The SMILES string of the molecule is COc1cc(OC)cc(OC(=O)CC(=O)O[C@H]2[C@@H](O)[C@@H](CO)O[C@@H](OC)[C@@H]2O)c1. The highest BCUT2D eigenvalue weighted by atomic mass is 16.7. The van der Waals surface area contributed by atoms with E-state index in [9.17, 15) is 24.9 Å². The van der Waals surface area contributed by atoms with Crippen LogP contribution in [-0.4, -0.2) is 85.9 Å². The summed E-state index contributed by atoms with van der Waals surface area (Å²) in [4.78, 5) is 24.1. The van der Waals surface area contributed by atoms with Crippen molar-refractivity contribution in [3.05, 3.63) is 18.2 Å². The number of methoxy groups -OCH3 is 3. The number of aliphatic hydroxyl groups is 3. The molecular formula is C18H24O11. The number of ether oxygens (including phenoxy) is 6. The highest BCUT2D eigenvalue weighted by Gasteiger charge is 2.47. The summed E-state index contributed by atoms with van der Waals surface area (Å²) in [5, 5.41) is 29.5. The van der Waals surface area contributed by atoms with Gasteiger partial charge in [0.1, 0.15) is 42.0 Å². The van der Waals surface area contributed by atoms with E-state index in [0.29, 0.717) is 11.5 Å². The standard InChI is InChI=1S/C18H24O11/c1-24-9-4-10(25-2)6-11(5-9)27-13(20)7-14(21)29-17-15(22)12(8-19)28-18(26-3)16(17)23/h4-6,12,15-19,22-23H,7-8H2,1-3H3/t12-,15+,16-,17+,18-/m1/s1. The van der Waals surface area contributed by atoms with Gasteiger partial charge in [-0.25, -0.2) is 0 Å². The molecular weight excluding hydrogens is 392 g/mol. The molecule has 0 bridgehead atoms. The molecule has 1 aliphatic heterocycles. The number of aliphatic hydroxyl groups excluding tert-OH is 3. The number of hydrogen-bond donors (Lipinski definition) is 3. The fourth-order valence-electron chi connectivity index (χ4n) is 2.71. The summed E-state index contributed by atoms with van der Waals surface area (Å²) in [7, 11) is 4.09. The van der Waals surface area contributed by atoms with Crippen LogP contribution in [0.4, 0.5) is 0 Å². The van der Waals surface area contributed by atoms with Gasteiger partial charge in [-0.3, -0.25) is 9.59 Å². The van der Waals surface area contributed by atoms with E-state index >= 15 is 0 Å². The van der Waals surface area contributed by atoms with Crippen molar-refractivity contribution >= 4 is 11.9 Å². The molecule has 0 aromatic heterocycles. The van der Waals surface area contributed by atoms with Gasteiger partial charge in [0.2, 0.25) is 0 Å². The number of carbonyl (C=O) groups is 2. The second-order valence-electron chi connectivity index (χ2n) is 6.10. The van der Waals surface area contributed by atoms with Gasteiger partial charge in [-0.05, 0) is 0 Å². The van der Waals surface area contributed by atoms with Crippen LogP contribution >= 0.6 is 0 Å². The molecule has 1 aliphatic rings. The summed E-state index contributed by atoms with van der Waals surface area (Å²) in [5.74, 6) is -1.15. The molecule has 0 saturated carbocycles. The number of carbonyl (C=O) groups excluding carboxylic acids is 2. The van der Waals surface area contributed by atoms with Crippen molar-refractivity contribution < 1.29 is 53.3 Å². The maximum Gasteiger partial charge on any atom is 0.322 e. The van der Waals surface area contributed by atoms with E-state index in [1.807, 2.05) is 0 Å². The van der Waals surface area contributed by atoms with Gasteiger partial charge in [-0.15, -0.1) is 0 Å². The molecule has 11 nitrogen and oxygen atoms in total. The molecule has 1 fully saturated rings. The first-order valence-corrected chi connectivity index (χ1v) is 8.61. The minimum atomic E-state index is -1.53. The van der Waals surface area contributed by atoms with Crippen LogP contribution in [0.5, 0.6) is 17.2 Å². The van der Waals surface area contributed by atoms with E-state index in [4.69, 9.17) is 28.4 Å². The maximum atomic E-state index is 12.1. The van der Waals surface area contributed by atoms with Gasteiger partial charge in [0.15, 0.2) is 12.4 Å². The van der Waals surface area contributed by atoms with Crippen molar-refractivity contribution in [3.63, 3.8) is 0 Å². The van der Waals surface area contributed by atoms with Gasteiger partial charge < -0.3 is 43.7 Å². The van der Waals surface area contributed by atoms with Crippen LogP contribution in [0, 0.1) is 0 Å². The summed E-state index contributed by atoms with van der Waals surface area (Å²) in [6, 6.07) is 4.42. The largest absolute Gasteiger partial charge is 0.496 e. The molecule has 162 valence electrons. The van der Waals surface area contributed by atoms with Crippen molar-refractivity contribution in [2.24, 2.45) is 0 Å². The Balaban J connectivity index is 1.99. The molecule has 11 heteroatoms. The zero-order valence-corrected chi connectivity index (χ0v) is 16.1. The lowest BCUT2D eigenvalue weighted by molar-refractivity contribution is -0.297. The first-order valence-electron chi connectivity index (χ1n) is 8.61. The zero-order chi connectivity index (χ0) is 21.6. The third-order valence-electron chi connectivity index (χ3n) is 4.17. The van der Waals surface area contributed by atoms with E-state index in [1.54, 1.807) is 6.07 Å². The van der Waals surface area contributed by atoms with E-state index in [2.05, 4.69) is 0 Å². The average molecular weight is 416 g/mol. The highest BCUT2D eigenvalue weighted by Crippen LogP contribution is 2.28. The van der Waals surface area contributed by atoms with E-state index in [-0.39, 0.29) is 5.75 Å². The smallest absolute Gasteiger partial charge is 0.322 e. The average Bonchev–Trinajstić information content (AvgIpc) is 2.70. The fourth-order valence-corrected chi connectivity index (χ4v) is 2.71. The Morgan fingerprint density at radius 3 is 2.07 bits per heavy atom. The van der Waals surface area contributed by atoms with Crippen LogP contribution in [0.25, 0.3) is 0 Å². The molecule has 0 unspecified atom stereocenters. The quantitative estimate of drug-likeness (QED) is 0.272. The zero-order valence-electron chi connectivity index (χ0n) is 16.1. The lowest BCUT2D eigenvalue weighted by Crippen LogP contribution is -2.60. The molecule has 5 atom stereocenters. The van der Waals surface area contributed by atoms with Crippen molar-refractivity contribution in [1.29, 1.82) is 0 Å². The Hall–Kier alpha value is -2.44. The summed E-state index contributed by atoms with van der Waals surface area (Å²) in [5.41, 5.74) is 0. The van der Waals surface area contributed by atoms with Gasteiger partial charge in [0.25, 0.3) is 0 Å². The minimum absolute atomic E-state index is 0.0879. The first kappa shape index (κ1) is 22.8. The highest BCUT2D eigenvalue weighted by molar-refractivity contribution is 5.92. The van der Waals surface area contributed by atoms with Crippen molar-refractivity contribution in [1.82, 2.24) is 0 Å². The molecule has 1 heterocycles. The third-order valence-corrected chi connectivity index (χ3v) is 4.17. The van der Waals surface area contributed by atoms with Gasteiger partial charge in [0.05, 0.1) is 20.8 Å². The van der Waals surface area contributed by atoms with Crippen LogP contribution in [0.2, 0.25) is 0 Å². The minimum Gasteiger partial charge on any atom is -0.496 e. The second kappa shape index (κ2) is 10.4. The lowest BCUT2D eigenvalue weighted by atomic mass is 9.99. The molecule has 3 N–H and O–H groups in total. The van der Waals surface area contributed by atoms with E-state index < -0.39 is 55.7 Å². The Morgan fingerprint density at radius 1 is 0.966 bits per heavy atom. The lowest BCUT2D eigenvalue weighted by Gasteiger charge is -2.40. The Morgan fingerprint density at radius 2 is 1.55 bits per heavy atom. The van der Waals surface area contributed by atoms with Crippen LogP contribution < -0.4 is 14.2 Å². The summed E-state index contributed by atoms with van der Waals surface area (Å²) in [6.07, 6.45) is -7.69. The maximum absolute atomic E-state index is 12.1. The third kappa shape index (κ3) is 5.78. The first-order chi connectivity index (χ1) is 13.8. The number of rotatable bonds is 8. The predicted octanol–water partition coefficient (Wildman–Crippen LogP) is -1.00. The van der Waals surface area contributed by atoms with Crippen LogP contribution in [0.3, 0.4) is 0 Å². The molecule has 1 saturated heterocycles. The number of esters is 2. The van der Waals surface area contributed by atoms with Crippen LogP contribution in [0.15, 0.2) is 18.2 Å². The molecule has 0 aliphatic carbocycles. The van der Waals surface area contributed by atoms with Gasteiger partial charge >= 0.3 is 11.9 Å². The Kier molecular flexibility index (Phi) is 8.17. The number of hydrogen-bond acceptors (Lipinski definition) is 11. The predicted molar refractivity (Wildman–Crippen MR) is 94.4 cm³/mol. The van der Waals surface area contributed by atoms with Crippen molar-refractivity contribution in [2.75, 3.05) is 27.9 Å². The summed E-state index contributed by atoms with van der Waals surface area (Å²) in [6.45, 7) is -0.596. The van der Waals surface area contributed by atoms with Crippen molar-refractivity contribution in [2.45, 2.75) is 37.1 Å². The second-order valence-corrected chi connectivity index (χ2v) is 6.10. The molecule has 1 aromatic carbocycles. The Labute approximate surface area is 166 Å². The van der Waals surface area contributed by atoms with Gasteiger partial charge in [-0.1, -0.05) is 0 Å². The summed E-state index contributed by atoms with van der Waals surface area (Å²) < 4.78 is 30.3. The molecule has 0 spiro atoms. The topological polar surface area (TPSA) is 150 Å². The van der Waals surface area contributed by atoms with Crippen LogP contribution in [0.1, 0.15) is 6.42 Å².